The van der Waals surface area contributed by atoms with Crippen molar-refractivity contribution in [2.75, 3.05) is 0 Å². The first kappa shape index (κ1) is 25.7. The maximum Gasteiger partial charge on any atom is 0.330 e. The van der Waals surface area contributed by atoms with E-state index in [4.69, 9.17) is 5.11 Å². The number of aliphatic hydroxyl groups excluding tert-OH is 2. The molecular weight excluding hydrogens is 424 g/mol. The first-order valence-corrected chi connectivity index (χ1v) is 13.4. The van der Waals surface area contributed by atoms with Crippen LogP contribution < -0.4 is 0 Å². The number of rotatable bonds is 5. The second-order valence-corrected chi connectivity index (χ2v) is 13.2. The zero-order valence-electron chi connectivity index (χ0n) is 22.3. The molecular formula is C30H46O4. The molecule has 4 rings (SSSR count). The van der Waals surface area contributed by atoms with Crippen molar-refractivity contribution < 1.29 is 20.1 Å². The number of aliphatic carboxylic acids is 1. The normalized spacial score (nSPS) is 44.3. The number of aliphatic hydroxyl groups is 2. The summed E-state index contributed by atoms with van der Waals surface area (Å²) in [6, 6.07) is 0. The van der Waals surface area contributed by atoms with Gasteiger partial charge in [0.05, 0.1) is 12.2 Å². The van der Waals surface area contributed by atoms with Crippen LogP contribution in [0.2, 0.25) is 0 Å². The van der Waals surface area contributed by atoms with E-state index >= 15 is 0 Å². The lowest BCUT2D eigenvalue weighted by atomic mass is 9.44. The number of carbonyl (C=O) groups is 1. The minimum atomic E-state index is -0.845. The lowest BCUT2D eigenvalue weighted by Gasteiger charge is -2.61. The van der Waals surface area contributed by atoms with Crippen LogP contribution in [0.1, 0.15) is 93.4 Å². The van der Waals surface area contributed by atoms with Gasteiger partial charge in [-0.1, -0.05) is 59.8 Å². The van der Waals surface area contributed by atoms with Gasteiger partial charge in [0.2, 0.25) is 0 Å². The third-order valence-corrected chi connectivity index (χ3v) is 11.5. The molecule has 0 saturated heterocycles. The number of carboxylic acid groups (broad SMARTS) is 1. The number of hydrogen-bond acceptors (Lipinski definition) is 3. The van der Waals surface area contributed by atoms with Gasteiger partial charge < -0.3 is 15.3 Å². The van der Waals surface area contributed by atoms with Crippen molar-refractivity contribution in [1.29, 1.82) is 0 Å². The molecule has 3 N–H and O–H groups in total. The van der Waals surface area contributed by atoms with Crippen LogP contribution in [-0.2, 0) is 4.79 Å². The summed E-state index contributed by atoms with van der Waals surface area (Å²) >= 11 is 0. The Balaban J connectivity index is 1.66. The predicted octanol–water partition coefficient (Wildman–Crippen LogP) is 6.29. The van der Waals surface area contributed by atoms with Crippen LogP contribution in [0.5, 0.6) is 0 Å². The maximum atomic E-state index is 11.6. The van der Waals surface area contributed by atoms with Crippen LogP contribution in [-0.4, -0.2) is 33.5 Å². The molecule has 0 amide bonds. The monoisotopic (exact) mass is 470 g/mol. The molecule has 0 heterocycles. The van der Waals surface area contributed by atoms with Crippen LogP contribution in [0.15, 0.2) is 34.9 Å². The van der Waals surface area contributed by atoms with Gasteiger partial charge in [-0.3, -0.25) is 0 Å². The van der Waals surface area contributed by atoms with Crippen molar-refractivity contribution in [2.45, 2.75) is 106 Å². The van der Waals surface area contributed by atoms with Gasteiger partial charge in [-0.15, -0.1) is 0 Å². The van der Waals surface area contributed by atoms with E-state index in [0.29, 0.717) is 23.3 Å². The van der Waals surface area contributed by atoms with Crippen LogP contribution in [0.25, 0.3) is 0 Å². The maximum absolute atomic E-state index is 11.6. The Bertz CT molecular complexity index is 941. The van der Waals surface area contributed by atoms with Crippen molar-refractivity contribution in [3.8, 4) is 0 Å². The Morgan fingerprint density at radius 2 is 1.79 bits per heavy atom. The Kier molecular flexibility index (Phi) is 6.30. The van der Waals surface area contributed by atoms with Crippen LogP contribution in [0.3, 0.4) is 0 Å². The highest BCUT2D eigenvalue weighted by atomic mass is 16.4. The molecule has 4 nitrogen and oxygen atoms in total. The highest BCUT2D eigenvalue weighted by Gasteiger charge is 2.66. The molecule has 190 valence electrons. The van der Waals surface area contributed by atoms with Crippen molar-refractivity contribution in [3.05, 3.63) is 34.9 Å². The molecule has 34 heavy (non-hydrogen) atoms. The van der Waals surface area contributed by atoms with Gasteiger partial charge in [0, 0.05) is 11.0 Å². The third-order valence-electron chi connectivity index (χ3n) is 11.5. The molecule has 0 unspecified atom stereocenters. The number of allylic oxidation sites excluding steroid dienone is 4. The molecule has 8 atom stereocenters. The summed E-state index contributed by atoms with van der Waals surface area (Å²) in [5.74, 6) is 0.359. The molecule has 0 aromatic rings. The molecule has 4 aliphatic carbocycles. The fraction of sp³-hybridized carbons (Fsp3) is 0.767. The first-order chi connectivity index (χ1) is 15.7. The van der Waals surface area contributed by atoms with E-state index in [2.05, 4.69) is 53.7 Å². The molecule has 4 aliphatic rings. The topological polar surface area (TPSA) is 77.8 Å². The molecule has 0 radical (unpaired) electrons. The first-order valence-electron chi connectivity index (χ1n) is 13.4. The molecule has 0 aromatic heterocycles. The summed E-state index contributed by atoms with van der Waals surface area (Å²) < 4.78 is 0. The van der Waals surface area contributed by atoms with E-state index in [-0.39, 0.29) is 33.9 Å². The summed E-state index contributed by atoms with van der Waals surface area (Å²) in [4.78, 5) is 11.1. The molecule has 2 saturated carbocycles. The SMILES string of the molecule is C/C(=C\CC[C@@H](C)[C@H]1C[C@H](O)[C@@]2(C)C3=CC[C@H]4C(C)(C)[C@@H](O)CC[C@]4(C)C3=CC[C@]12C)C(=O)O. The van der Waals surface area contributed by atoms with Crippen molar-refractivity contribution >= 4 is 5.97 Å². The summed E-state index contributed by atoms with van der Waals surface area (Å²) in [7, 11) is 0. The van der Waals surface area contributed by atoms with E-state index in [1.54, 1.807) is 6.92 Å². The van der Waals surface area contributed by atoms with E-state index < -0.39 is 5.97 Å². The van der Waals surface area contributed by atoms with Crippen LogP contribution >= 0.6 is 0 Å². The fourth-order valence-electron chi connectivity index (χ4n) is 8.79. The van der Waals surface area contributed by atoms with Crippen LogP contribution in [0, 0.1) is 39.4 Å². The van der Waals surface area contributed by atoms with Gasteiger partial charge in [-0.25, -0.2) is 4.79 Å². The minimum absolute atomic E-state index is 0.0282. The highest BCUT2D eigenvalue weighted by Crippen LogP contribution is 2.71. The molecule has 2 fully saturated rings. The number of fused-ring (bicyclic) bond motifs is 5. The Labute approximate surface area is 206 Å². The Morgan fingerprint density at radius 3 is 2.44 bits per heavy atom. The molecule has 0 aromatic carbocycles. The van der Waals surface area contributed by atoms with Crippen molar-refractivity contribution in [1.82, 2.24) is 0 Å². The van der Waals surface area contributed by atoms with Gasteiger partial charge in [0.25, 0.3) is 0 Å². The predicted molar refractivity (Wildman–Crippen MR) is 136 cm³/mol. The number of hydrogen-bond donors (Lipinski definition) is 3. The lowest BCUT2D eigenvalue weighted by Crippen LogP contribution is -2.55. The summed E-state index contributed by atoms with van der Waals surface area (Å²) in [6.45, 7) is 15.5. The average molecular weight is 471 g/mol. The van der Waals surface area contributed by atoms with Gasteiger partial charge in [0.15, 0.2) is 0 Å². The van der Waals surface area contributed by atoms with E-state index in [0.717, 1.165) is 44.9 Å². The third kappa shape index (κ3) is 3.42. The van der Waals surface area contributed by atoms with Crippen molar-refractivity contribution in [3.63, 3.8) is 0 Å². The largest absolute Gasteiger partial charge is 0.478 e. The second kappa shape index (κ2) is 8.34. The van der Waals surface area contributed by atoms with Gasteiger partial charge in [-0.2, -0.15) is 0 Å². The van der Waals surface area contributed by atoms with Gasteiger partial charge >= 0.3 is 5.97 Å². The van der Waals surface area contributed by atoms with E-state index in [1.807, 2.05) is 6.08 Å². The van der Waals surface area contributed by atoms with E-state index in [1.165, 1.54) is 11.1 Å². The zero-order valence-corrected chi connectivity index (χ0v) is 22.3. The molecule has 0 aliphatic heterocycles. The summed E-state index contributed by atoms with van der Waals surface area (Å²) in [5.41, 5.74) is 2.84. The summed E-state index contributed by atoms with van der Waals surface area (Å²) in [5, 5.41) is 31.6. The van der Waals surface area contributed by atoms with Crippen LogP contribution in [0.4, 0.5) is 0 Å². The standard InChI is InChI=1S/C30H46O4/c1-18(9-8-10-19(2)26(33)34)22-17-25(32)30(7)21-11-12-23-27(3,4)24(31)14-15-28(23,5)20(21)13-16-29(22,30)6/h10-11,13,18,22-25,31-32H,8-9,12,14-17H2,1-7H3,(H,33,34)/b19-10+/t18-,22-,23+,24+,25+,28-,29-,30-/m1/s1. The average Bonchev–Trinajstić information content (AvgIpc) is 2.98. The Morgan fingerprint density at radius 1 is 1.12 bits per heavy atom. The Hall–Kier alpha value is -1.39. The molecule has 0 bridgehead atoms. The second-order valence-electron chi connectivity index (χ2n) is 13.2. The van der Waals surface area contributed by atoms with Crippen molar-refractivity contribution in [2.24, 2.45) is 39.4 Å². The molecule has 4 heteroatoms. The fourth-order valence-corrected chi connectivity index (χ4v) is 8.79. The van der Waals surface area contributed by atoms with Gasteiger partial charge in [0.1, 0.15) is 0 Å². The molecule has 0 spiro atoms. The quantitative estimate of drug-likeness (QED) is 0.413. The minimum Gasteiger partial charge on any atom is -0.478 e. The smallest absolute Gasteiger partial charge is 0.330 e. The number of carboxylic acids is 1. The lowest BCUT2D eigenvalue weighted by molar-refractivity contribution is -0.132. The van der Waals surface area contributed by atoms with E-state index in [9.17, 15) is 15.0 Å². The highest BCUT2D eigenvalue weighted by molar-refractivity contribution is 5.85. The van der Waals surface area contributed by atoms with Gasteiger partial charge in [-0.05, 0) is 97.0 Å². The zero-order chi connectivity index (χ0) is 25.3. The summed E-state index contributed by atoms with van der Waals surface area (Å²) in [6.07, 6.45) is 12.4.